The van der Waals surface area contributed by atoms with Crippen LogP contribution in [0.15, 0.2) is 12.3 Å². The first kappa shape index (κ1) is 15.3. The van der Waals surface area contributed by atoms with E-state index in [0.29, 0.717) is 6.54 Å². The molecule has 0 spiro atoms. The second kappa shape index (κ2) is 5.71. The summed E-state index contributed by atoms with van der Waals surface area (Å²) in [5.74, 6) is 2.46. The Kier molecular flexibility index (Phi) is 4.16. The van der Waals surface area contributed by atoms with Gasteiger partial charge in [-0.3, -0.25) is 4.68 Å². The van der Waals surface area contributed by atoms with Gasteiger partial charge < -0.3 is 10.6 Å². The predicted octanol–water partition coefficient (Wildman–Crippen LogP) is 2.47. The highest BCUT2D eigenvalue weighted by atomic mass is 15.3. The average molecular weight is 288 g/mol. The zero-order valence-electron chi connectivity index (χ0n) is 13.7. The van der Waals surface area contributed by atoms with Gasteiger partial charge in [0.15, 0.2) is 0 Å². The van der Waals surface area contributed by atoms with Crippen molar-refractivity contribution in [1.29, 1.82) is 0 Å². The van der Waals surface area contributed by atoms with Crippen LogP contribution in [-0.2, 0) is 19.0 Å². The fraction of sp³-hybridized carbons (Fsp3) is 0.533. The second-order valence-corrected chi connectivity index (χ2v) is 6.23. The molecule has 114 valence electrons. The number of nitrogens with zero attached hydrogens (tertiary/aromatic N) is 4. The molecule has 2 heterocycles. The number of nitrogens with one attached hydrogen (secondary N) is 2. The van der Waals surface area contributed by atoms with Gasteiger partial charge in [-0.25, -0.2) is 9.97 Å². The van der Waals surface area contributed by atoms with Crippen LogP contribution in [0.5, 0.6) is 0 Å². The van der Waals surface area contributed by atoms with Crippen LogP contribution in [0, 0.1) is 6.92 Å². The van der Waals surface area contributed by atoms with E-state index in [9.17, 15) is 0 Å². The maximum Gasteiger partial charge on any atom is 0.138 e. The Hall–Kier alpha value is -2.11. The monoisotopic (exact) mass is 288 g/mol. The summed E-state index contributed by atoms with van der Waals surface area (Å²) in [6.07, 6.45) is 2.02. The molecule has 0 unspecified atom stereocenters. The minimum atomic E-state index is -0.0898. The van der Waals surface area contributed by atoms with Crippen molar-refractivity contribution in [2.45, 2.75) is 39.7 Å². The molecule has 21 heavy (non-hydrogen) atoms. The number of hydrogen-bond acceptors (Lipinski definition) is 5. The largest absolute Gasteiger partial charge is 0.373 e. The molecule has 0 aromatic carbocycles. The first-order chi connectivity index (χ1) is 9.79. The van der Waals surface area contributed by atoms with Gasteiger partial charge >= 0.3 is 0 Å². The molecule has 6 heteroatoms. The summed E-state index contributed by atoms with van der Waals surface area (Å²) in [7, 11) is 3.79. The van der Waals surface area contributed by atoms with Crippen molar-refractivity contribution < 1.29 is 0 Å². The quantitative estimate of drug-likeness (QED) is 0.904. The van der Waals surface area contributed by atoms with E-state index in [1.807, 2.05) is 38.0 Å². The van der Waals surface area contributed by atoms with Gasteiger partial charge in [-0.2, -0.15) is 5.10 Å². The Morgan fingerprint density at radius 3 is 2.38 bits per heavy atom. The van der Waals surface area contributed by atoms with Crippen molar-refractivity contribution >= 4 is 11.6 Å². The summed E-state index contributed by atoms with van der Waals surface area (Å²) in [5, 5.41) is 10.8. The summed E-state index contributed by atoms with van der Waals surface area (Å²) >= 11 is 0. The molecule has 2 N–H and O–H groups in total. The minimum Gasteiger partial charge on any atom is -0.373 e. The van der Waals surface area contributed by atoms with Gasteiger partial charge in [0.25, 0.3) is 0 Å². The maximum atomic E-state index is 4.61. The fourth-order valence-corrected chi connectivity index (χ4v) is 2.01. The molecule has 0 aliphatic rings. The average Bonchev–Trinajstić information content (AvgIpc) is 2.73. The van der Waals surface area contributed by atoms with Crippen LogP contribution in [0.3, 0.4) is 0 Å². The maximum absolute atomic E-state index is 4.61. The molecule has 2 rings (SSSR count). The Morgan fingerprint density at radius 1 is 1.19 bits per heavy atom. The van der Waals surface area contributed by atoms with E-state index in [-0.39, 0.29) is 5.41 Å². The third kappa shape index (κ3) is 3.71. The van der Waals surface area contributed by atoms with E-state index >= 15 is 0 Å². The molecule has 0 bridgehead atoms. The lowest BCUT2D eigenvalue weighted by atomic mass is 9.96. The third-order valence-electron chi connectivity index (χ3n) is 3.23. The van der Waals surface area contributed by atoms with E-state index in [0.717, 1.165) is 23.2 Å². The Labute approximate surface area is 126 Å². The lowest BCUT2D eigenvalue weighted by molar-refractivity contribution is 0.546. The summed E-state index contributed by atoms with van der Waals surface area (Å²) in [6, 6.07) is 1.92. The van der Waals surface area contributed by atoms with Crippen LogP contribution in [0.25, 0.3) is 0 Å². The predicted molar refractivity (Wildman–Crippen MR) is 85.6 cm³/mol. The van der Waals surface area contributed by atoms with Crippen LogP contribution in [-0.4, -0.2) is 26.8 Å². The van der Waals surface area contributed by atoms with Gasteiger partial charge in [0.2, 0.25) is 0 Å². The molecule has 0 aliphatic heterocycles. The van der Waals surface area contributed by atoms with E-state index in [1.54, 1.807) is 0 Å². The zero-order valence-corrected chi connectivity index (χ0v) is 13.7. The zero-order chi connectivity index (χ0) is 15.6. The molecule has 2 aromatic heterocycles. The van der Waals surface area contributed by atoms with Gasteiger partial charge in [-0.1, -0.05) is 20.8 Å². The SMILES string of the molecule is CNc1cc(NCc2cn(C)nc2C)nc(C(C)(C)C)n1. The summed E-state index contributed by atoms with van der Waals surface area (Å²) < 4.78 is 1.83. The standard InChI is InChI=1S/C15H24N6/c1-10-11(9-21(6)20-10)8-17-13-7-12(16-5)18-14(19-13)15(2,3)4/h7,9H,8H2,1-6H3,(H2,16,17,18,19). The molecule has 0 radical (unpaired) electrons. The smallest absolute Gasteiger partial charge is 0.138 e. The van der Waals surface area contributed by atoms with Crippen LogP contribution < -0.4 is 10.6 Å². The topological polar surface area (TPSA) is 67.7 Å². The Morgan fingerprint density at radius 2 is 1.86 bits per heavy atom. The van der Waals surface area contributed by atoms with Gasteiger partial charge in [-0.15, -0.1) is 0 Å². The molecule has 0 saturated heterocycles. The highest BCUT2D eigenvalue weighted by molar-refractivity contribution is 5.48. The van der Waals surface area contributed by atoms with E-state index in [2.05, 4.69) is 46.5 Å². The van der Waals surface area contributed by atoms with Gasteiger partial charge in [0, 0.05) is 43.9 Å². The lowest BCUT2D eigenvalue weighted by Gasteiger charge is -2.18. The molecule has 0 saturated carbocycles. The van der Waals surface area contributed by atoms with Gasteiger partial charge in [0.05, 0.1) is 5.69 Å². The fourth-order valence-electron chi connectivity index (χ4n) is 2.01. The number of anilines is 2. The highest BCUT2D eigenvalue weighted by Gasteiger charge is 2.19. The van der Waals surface area contributed by atoms with Crippen molar-refractivity contribution in [3.63, 3.8) is 0 Å². The van der Waals surface area contributed by atoms with E-state index < -0.39 is 0 Å². The summed E-state index contributed by atoms with van der Waals surface area (Å²) in [5.41, 5.74) is 2.11. The summed E-state index contributed by atoms with van der Waals surface area (Å²) in [4.78, 5) is 9.14. The van der Waals surface area contributed by atoms with Crippen molar-refractivity contribution in [3.8, 4) is 0 Å². The van der Waals surface area contributed by atoms with Crippen molar-refractivity contribution in [3.05, 3.63) is 29.3 Å². The highest BCUT2D eigenvalue weighted by Crippen LogP contribution is 2.22. The number of aryl methyl sites for hydroxylation is 2. The molecule has 0 amide bonds. The molecule has 6 nitrogen and oxygen atoms in total. The van der Waals surface area contributed by atoms with Gasteiger partial charge in [0.1, 0.15) is 17.5 Å². The number of hydrogen-bond donors (Lipinski definition) is 2. The van der Waals surface area contributed by atoms with Crippen molar-refractivity contribution in [1.82, 2.24) is 19.7 Å². The minimum absolute atomic E-state index is 0.0898. The molecular weight excluding hydrogens is 264 g/mol. The molecular formula is C15H24N6. The van der Waals surface area contributed by atoms with Crippen molar-refractivity contribution in [2.24, 2.45) is 7.05 Å². The van der Waals surface area contributed by atoms with E-state index in [4.69, 9.17) is 0 Å². The van der Waals surface area contributed by atoms with Crippen LogP contribution in [0.2, 0.25) is 0 Å². The Balaban J connectivity index is 2.21. The van der Waals surface area contributed by atoms with Crippen molar-refractivity contribution in [2.75, 3.05) is 17.7 Å². The number of rotatable bonds is 4. The normalized spacial score (nSPS) is 11.5. The second-order valence-electron chi connectivity index (χ2n) is 6.23. The van der Waals surface area contributed by atoms with Crippen LogP contribution >= 0.6 is 0 Å². The van der Waals surface area contributed by atoms with Crippen LogP contribution in [0.1, 0.15) is 37.9 Å². The van der Waals surface area contributed by atoms with E-state index in [1.165, 1.54) is 5.56 Å². The molecule has 2 aromatic rings. The third-order valence-corrected chi connectivity index (χ3v) is 3.23. The first-order valence-electron chi connectivity index (χ1n) is 7.10. The molecule has 0 aliphatic carbocycles. The summed E-state index contributed by atoms with van der Waals surface area (Å²) in [6.45, 7) is 9.03. The van der Waals surface area contributed by atoms with Gasteiger partial charge in [-0.05, 0) is 6.92 Å². The Bertz CT molecular complexity index is 624. The molecule has 0 atom stereocenters. The first-order valence-corrected chi connectivity index (χ1v) is 7.10. The number of aromatic nitrogens is 4. The molecule has 0 fully saturated rings. The van der Waals surface area contributed by atoms with Crippen LogP contribution in [0.4, 0.5) is 11.6 Å². The lowest BCUT2D eigenvalue weighted by Crippen LogP contribution is -2.18.